The molecule has 0 heterocycles. The molecular formula is C22H15BrO4. The SMILES string of the molecule is O=C(O)c1cccc2c(Br)cccc12.O=C(O)c1cccc2ccccc12. The Hall–Kier alpha value is -3.18. The maximum atomic E-state index is 10.9. The zero-order chi connectivity index (χ0) is 19.4. The third-order valence-electron chi connectivity index (χ3n) is 4.12. The van der Waals surface area contributed by atoms with Gasteiger partial charge in [-0.1, -0.05) is 76.6 Å². The van der Waals surface area contributed by atoms with Crippen LogP contribution >= 0.6 is 15.9 Å². The van der Waals surface area contributed by atoms with Gasteiger partial charge < -0.3 is 10.2 Å². The Bertz CT molecular complexity index is 1150. The Morgan fingerprint density at radius 1 is 0.593 bits per heavy atom. The number of hydrogen-bond donors (Lipinski definition) is 2. The Kier molecular flexibility index (Phi) is 5.52. The summed E-state index contributed by atoms with van der Waals surface area (Å²) in [4.78, 5) is 21.7. The molecule has 0 radical (unpaired) electrons. The number of carboxylic acids is 2. The first-order chi connectivity index (χ1) is 13.0. The van der Waals surface area contributed by atoms with Crippen molar-refractivity contribution in [3.05, 3.63) is 94.5 Å². The van der Waals surface area contributed by atoms with Gasteiger partial charge in [-0.25, -0.2) is 9.59 Å². The average molecular weight is 423 g/mol. The molecule has 0 fully saturated rings. The molecule has 27 heavy (non-hydrogen) atoms. The van der Waals surface area contributed by atoms with Gasteiger partial charge in [-0.15, -0.1) is 0 Å². The number of benzene rings is 4. The van der Waals surface area contributed by atoms with E-state index in [1.165, 1.54) is 0 Å². The standard InChI is InChI=1S/C11H7BrO2.C11H8O2/c12-10-6-2-3-7-8(10)4-1-5-9(7)11(13)14;12-11(13)10-7-3-5-8-4-1-2-6-9(8)10/h1-6H,(H,13,14);1-7H,(H,12,13). The van der Waals surface area contributed by atoms with Gasteiger partial charge in [0.25, 0.3) is 0 Å². The third-order valence-corrected chi connectivity index (χ3v) is 4.81. The highest BCUT2D eigenvalue weighted by Gasteiger charge is 2.08. The van der Waals surface area contributed by atoms with Crippen molar-refractivity contribution in [1.82, 2.24) is 0 Å². The van der Waals surface area contributed by atoms with E-state index in [1.807, 2.05) is 54.6 Å². The maximum absolute atomic E-state index is 10.9. The molecule has 0 atom stereocenters. The lowest BCUT2D eigenvalue weighted by atomic mass is 10.1. The van der Waals surface area contributed by atoms with Crippen LogP contribution in [0.25, 0.3) is 21.5 Å². The molecule has 4 aromatic carbocycles. The highest BCUT2D eigenvalue weighted by molar-refractivity contribution is 9.10. The van der Waals surface area contributed by atoms with Crippen molar-refractivity contribution in [3.8, 4) is 0 Å². The lowest BCUT2D eigenvalue weighted by Gasteiger charge is -2.03. The first-order valence-electron chi connectivity index (χ1n) is 8.10. The number of carbonyl (C=O) groups is 2. The van der Waals surface area contributed by atoms with Crippen molar-refractivity contribution in [2.75, 3.05) is 0 Å². The highest BCUT2D eigenvalue weighted by Crippen LogP contribution is 2.26. The van der Waals surface area contributed by atoms with E-state index < -0.39 is 11.9 Å². The molecule has 0 aliphatic heterocycles. The van der Waals surface area contributed by atoms with Crippen molar-refractivity contribution in [1.29, 1.82) is 0 Å². The average Bonchev–Trinajstić information content (AvgIpc) is 2.68. The molecule has 0 amide bonds. The van der Waals surface area contributed by atoms with Gasteiger partial charge in [0.15, 0.2) is 0 Å². The summed E-state index contributed by atoms with van der Waals surface area (Å²) in [5, 5.41) is 21.3. The minimum atomic E-state index is -0.895. The second kappa shape index (κ2) is 8.01. The van der Waals surface area contributed by atoms with Crippen LogP contribution in [0.2, 0.25) is 0 Å². The van der Waals surface area contributed by atoms with Crippen LogP contribution in [0, 0.1) is 0 Å². The molecule has 2 N–H and O–H groups in total. The minimum absolute atomic E-state index is 0.337. The number of carboxylic acid groups (broad SMARTS) is 2. The molecule has 0 aromatic heterocycles. The predicted octanol–water partition coefficient (Wildman–Crippen LogP) is 5.84. The van der Waals surface area contributed by atoms with Crippen molar-refractivity contribution < 1.29 is 19.8 Å². The predicted molar refractivity (Wildman–Crippen MR) is 110 cm³/mol. The number of aromatic carboxylic acids is 2. The molecule has 4 nitrogen and oxygen atoms in total. The van der Waals surface area contributed by atoms with E-state index in [0.29, 0.717) is 11.1 Å². The molecule has 0 unspecified atom stereocenters. The molecule has 0 saturated heterocycles. The van der Waals surface area contributed by atoms with Crippen LogP contribution < -0.4 is 0 Å². The lowest BCUT2D eigenvalue weighted by Crippen LogP contribution is -1.96. The van der Waals surface area contributed by atoms with E-state index in [-0.39, 0.29) is 0 Å². The second-order valence-corrected chi connectivity index (χ2v) is 6.63. The fourth-order valence-corrected chi connectivity index (χ4v) is 3.37. The van der Waals surface area contributed by atoms with Crippen LogP contribution in [0.15, 0.2) is 83.3 Å². The van der Waals surface area contributed by atoms with Crippen LogP contribution in [0.1, 0.15) is 20.7 Å². The fourth-order valence-electron chi connectivity index (χ4n) is 2.87. The van der Waals surface area contributed by atoms with Crippen LogP contribution in [0.5, 0.6) is 0 Å². The topological polar surface area (TPSA) is 74.6 Å². The molecule has 4 rings (SSSR count). The maximum Gasteiger partial charge on any atom is 0.336 e. The summed E-state index contributed by atoms with van der Waals surface area (Å²) < 4.78 is 0.915. The smallest absolute Gasteiger partial charge is 0.336 e. The molecule has 5 heteroatoms. The van der Waals surface area contributed by atoms with Gasteiger partial charge in [0.05, 0.1) is 11.1 Å². The van der Waals surface area contributed by atoms with Gasteiger partial charge in [-0.05, 0) is 39.7 Å². The Labute approximate surface area is 163 Å². The van der Waals surface area contributed by atoms with Crippen molar-refractivity contribution in [3.63, 3.8) is 0 Å². The molecular weight excluding hydrogens is 408 g/mol. The second-order valence-electron chi connectivity index (χ2n) is 5.78. The van der Waals surface area contributed by atoms with Gasteiger partial charge in [0, 0.05) is 4.47 Å². The quantitative estimate of drug-likeness (QED) is 0.425. The third kappa shape index (κ3) is 3.99. The lowest BCUT2D eigenvalue weighted by molar-refractivity contribution is 0.0688. The number of fused-ring (bicyclic) bond motifs is 2. The number of rotatable bonds is 2. The Morgan fingerprint density at radius 3 is 1.78 bits per heavy atom. The van der Waals surface area contributed by atoms with E-state index >= 15 is 0 Å². The van der Waals surface area contributed by atoms with Crippen LogP contribution in [-0.2, 0) is 0 Å². The molecule has 0 aliphatic rings. The summed E-state index contributed by atoms with van der Waals surface area (Å²) in [6.07, 6.45) is 0. The first kappa shape index (κ1) is 18.6. The van der Waals surface area contributed by atoms with E-state index in [2.05, 4.69) is 15.9 Å². The van der Waals surface area contributed by atoms with Crippen molar-refractivity contribution in [2.45, 2.75) is 0 Å². The van der Waals surface area contributed by atoms with Gasteiger partial charge in [0.1, 0.15) is 0 Å². The van der Waals surface area contributed by atoms with Gasteiger partial charge in [-0.3, -0.25) is 0 Å². The molecule has 0 aliphatic carbocycles. The van der Waals surface area contributed by atoms with E-state index in [9.17, 15) is 9.59 Å². The van der Waals surface area contributed by atoms with E-state index in [0.717, 1.165) is 26.0 Å². The van der Waals surface area contributed by atoms with Crippen molar-refractivity contribution in [2.24, 2.45) is 0 Å². The summed E-state index contributed by atoms with van der Waals surface area (Å²) in [6.45, 7) is 0. The number of halogens is 1. The van der Waals surface area contributed by atoms with E-state index in [4.69, 9.17) is 10.2 Å². The highest BCUT2D eigenvalue weighted by atomic mass is 79.9. The zero-order valence-electron chi connectivity index (χ0n) is 14.1. The molecule has 0 spiro atoms. The number of hydrogen-bond acceptors (Lipinski definition) is 2. The first-order valence-corrected chi connectivity index (χ1v) is 8.90. The monoisotopic (exact) mass is 422 g/mol. The minimum Gasteiger partial charge on any atom is -0.478 e. The van der Waals surface area contributed by atoms with Gasteiger partial charge in [-0.2, -0.15) is 0 Å². The van der Waals surface area contributed by atoms with Crippen LogP contribution in [0.3, 0.4) is 0 Å². The van der Waals surface area contributed by atoms with Gasteiger partial charge in [0.2, 0.25) is 0 Å². The molecule has 0 saturated carbocycles. The fraction of sp³-hybridized carbons (Fsp3) is 0. The van der Waals surface area contributed by atoms with Gasteiger partial charge >= 0.3 is 11.9 Å². The Morgan fingerprint density at radius 2 is 1.07 bits per heavy atom. The summed E-state index contributed by atoms with van der Waals surface area (Å²) in [5.41, 5.74) is 0.696. The van der Waals surface area contributed by atoms with E-state index in [1.54, 1.807) is 24.3 Å². The summed E-state index contributed by atoms with van der Waals surface area (Å²) in [5.74, 6) is -1.77. The normalized spacial score (nSPS) is 10.3. The molecule has 134 valence electrons. The summed E-state index contributed by atoms with van der Waals surface area (Å²) in [7, 11) is 0. The van der Waals surface area contributed by atoms with Crippen LogP contribution in [-0.4, -0.2) is 22.2 Å². The van der Waals surface area contributed by atoms with Crippen molar-refractivity contribution >= 4 is 49.4 Å². The zero-order valence-corrected chi connectivity index (χ0v) is 15.7. The molecule has 4 aromatic rings. The summed E-state index contributed by atoms with van der Waals surface area (Å²) in [6, 6.07) is 23.5. The summed E-state index contributed by atoms with van der Waals surface area (Å²) >= 11 is 3.39. The largest absolute Gasteiger partial charge is 0.478 e. The van der Waals surface area contributed by atoms with Crippen LogP contribution in [0.4, 0.5) is 0 Å². The Balaban J connectivity index is 0.000000156. The molecule has 0 bridgehead atoms.